The molecule has 0 fully saturated rings. The van der Waals surface area contributed by atoms with Gasteiger partial charge in [0, 0.05) is 12.1 Å². The molecule has 144 valence electrons. The highest BCUT2D eigenvalue weighted by molar-refractivity contribution is 6.32. The van der Waals surface area contributed by atoms with E-state index in [1.165, 1.54) is 6.07 Å². The van der Waals surface area contributed by atoms with Crippen LogP contribution in [0.25, 0.3) is 0 Å². The Kier molecular flexibility index (Phi) is 6.50. The Balaban J connectivity index is 2.34. The van der Waals surface area contributed by atoms with Crippen molar-refractivity contribution < 1.29 is 32.4 Å². The summed E-state index contributed by atoms with van der Waals surface area (Å²) < 4.78 is 48.1. The zero-order chi connectivity index (χ0) is 20.2. The third-order valence-corrected chi connectivity index (χ3v) is 3.63. The largest absolute Gasteiger partial charge is 0.461 e. The monoisotopic (exact) mass is 423 g/mol. The fourth-order valence-electron chi connectivity index (χ4n) is 2.00. The third-order valence-electron chi connectivity index (χ3n) is 3.18. The SMILES string of the molecule is O=C(OCCCl)c1cc(Oc2ccc(C(F)(F)F)cc2Cl)ccc1[N+](=O)[O-]. The number of hydrogen-bond donors (Lipinski definition) is 0. The molecule has 0 N–H and O–H groups in total. The number of nitrogens with zero attached hydrogens (tertiary/aromatic N) is 1. The van der Waals surface area contributed by atoms with Crippen molar-refractivity contribution >= 4 is 34.9 Å². The van der Waals surface area contributed by atoms with Crippen LogP contribution in [0, 0.1) is 10.1 Å². The summed E-state index contributed by atoms with van der Waals surface area (Å²) in [6, 6.07) is 5.65. The van der Waals surface area contributed by atoms with Gasteiger partial charge >= 0.3 is 12.1 Å². The van der Waals surface area contributed by atoms with E-state index in [0.29, 0.717) is 6.07 Å². The van der Waals surface area contributed by atoms with Crippen LogP contribution in [0.4, 0.5) is 18.9 Å². The lowest BCUT2D eigenvalue weighted by Crippen LogP contribution is -2.10. The number of benzene rings is 2. The van der Waals surface area contributed by atoms with Gasteiger partial charge in [0.15, 0.2) is 0 Å². The topological polar surface area (TPSA) is 78.7 Å². The minimum Gasteiger partial charge on any atom is -0.461 e. The van der Waals surface area contributed by atoms with Gasteiger partial charge in [0.1, 0.15) is 23.7 Å². The summed E-state index contributed by atoms with van der Waals surface area (Å²) in [5.74, 6) is -1.18. The molecule has 0 bridgehead atoms. The number of carbonyl (C=O) groups excluding carboxylic acids is 1. The number of ether oxygens (including phenoxy) is 2. The molecule has 11 heteroatoms. The Hall–Kier alpha value is -2.52. The molecule has 0 unspecified atom stereocenters. The van der Waals surface area contributed by atoms with Crippen molar-refractivity contribution in [2.45, 2.75) is 6.18 Å². The van der Waals surface area contributed by atoms with Gasteiger partial charge in [-0.2, -0.15) is 13.2 Å². The van der Waals surface area contributed by atoms with E-state index in [-0.39, 0.29) is 29.0 Å². The van der Waals surface area contributed by atoms with Crippen LogP contribution < -0.4 is 4.74 Å². The van der Waals surface area contributed by atoms with Gasteiger partial charge in [0.2, 0.25) is 0 Å². The zero-order valence-electron chi connectivity index (χ0n) is 13.3. The van der Waals surface area contributed by atoms with Crippen LogP contribution in [-0.2, 0) is 10.9 Å². The van der Waals surface area contributed by atoms with Gasteiger partial charge in [-0.05, 0) is 24.3 Å². The standard InChI is InChI=1S/C16H10Cl2F3NO5/c17-5-6-26-15(23)11-8-10(2-3-13(11)22(24)25)27-14-4-1-9(7-12(14)18)16(19,20)21/h1-4,7-8H,5-6H2. The number of esters is 1. The summed E-state index contributed by atoms with van der Waals surface area (Å²) in [6.45, 7) is -0.159. The van der Waals surface area contributed by atoms with E-state index >= 15 is 0 Å². The van der Waals surface area contributed by atoms with Gasteiger partial charge in [0.25, 0.3) is 5.69 Å². The number of nitro benzene ring substituents is 1. The lowest BCUT2D eigenvalue weighted by molar-refractivity contribution is -0.385. The molecule has 27 heavy (non-hydrogen) atoms. The number of halogens is 5. The van der Waals surface area contributed by atoms with Crippen LogP contribution in [0.1, 0.15) is 15.9 Å². The van der Waals surface area contributed by atoms with Crippen LogP contribution in [0.15, 0.2) is 36.4 Å². The van der Waals surface area contributed by atoms with Crippen LogP contribution in [-0.4, -0.2) is 23.4 Å². The van der Waals surface area contributed by atoms with Crippen LogP contribution in [0.5, 0.6) is 11.5 Å². The number of rotatable bonds is 6. The molecular weight excluding hydrogens is 414 g/mol. The minimum atomic E-state index is -4.57. The predicted octanol–water partition coefficient (Wildman–Crippen LogP) is 5.45. The van der Waals surface area contributed by atoms with Crippen molar-refractivity contribution in [1.29, 1.82) is 0 Å². The summed E-state index contributed by atoms with van der Waals surface area (Å²) in [6.07, 6.45) is -4.57. The Bertz CT molecular complexity index is 874. The van der Waals surface area contributed by atoms with Gasteiger partial charge in [-0.25, -0.2) is 4.79 Å². The van der Waals surface area contributed by atoms with Gasteiger partial charge in [-0.3, -0.25) is 10.1 Å². The second-order valence-corrected chi connectivity index (χ2v) is 5.79. The maximum atomic E-state index is 12.7. The maximum absolute atomic E-state index is 12.7. The van der Waals surface area contributed by atoms with Crippen molar-refractivity contribution in [3.63, 3.8) is 0 Å². The third kappa shape index (κ3) is 5.24. The summed E-state index contributed by atoms with van der Waals surface area (Å²) in [5.41, 5.74) is -1.89. The van der Waals surface area contributed by atoms with Gasteiger partial charge in [0.05, 0.1) is 21.4 Å². The second-order valence-electron chi connectivity index (χ2n) is 5.01. The first-order valence-electron chi connectivity index (χ1n) is 7.19. The molecule has 0 radical (unpaired) electrons. The van der Waals surface area contributed by atoms with Gasteiger partial charge < -0.3 is 9.47 Å². The van der Waals surface area contributed by atoms with E-state index in [4.69, 9.17) is 32.7 Å². The smallest absolute Gasteiger partial charge is 0.416 e. The average molecular weight is 424 g/mol. The maximum Gasteiger partial charge on any atom is 0.416 e. The predicted molar refractivity (Wildman–Crippen MR) is 90.6 cm³/mol. The van der Waals surface area contributed by atoms with Crippen molar-refractivity contribution in [2.75, 3.05) is 12.5 Å². The van der Waals surface area contributed by atoms with E-state index in [9.17, 15) is 28.1 Å². The molecule has 0 heterocycles. The summed E-state index contributed by atoms with van der Waals surface area (Å²) in [5, 5.41) is 10.7. The van der Waals surface area contributed by atoms with Crippen LogP contribution in [0.3, 0.4) is 0 Å². The van der Waals surface area contributed by atoms with E-state index in [0.717, 1.165) is 24.3 Å². The Labute approximate surface area is 160 Å². The molecule has 0 saturated heterocycles. The highest BCUT2D eigenvalue weighted by atomic mass is 35.5. The molecule has 2 aromatic carbocycles. The highest BCUT2D eigenvalue weighted by Crippen LogP contribution is 2.37. The summed E-state index contributed by atoms with van der Waals surface area (Å²) in [4.78, 5) is 22.2. The molecule has 0 saturated carbocycles. The summed E-state index contributed by atoms with van der Waals surface area (Å²) in [7, 11) is 0. The highest BCUT2D eigenvalue weighted by Gasteiger charge is 2.31. The van der Waals surface area contributed by atoms with Crippen LogP contribution in [0.2, 0.25) is 5.02 Å². The van der Waals surface area contributed by atoms with Crippen molar-refractivity contribution in [2.24, 2.45) is 0 Å². The van der Waals surface area contributed by atoms with E-state index in [1.54, 1.807) is 0 Å². The zero-order valence-corrected chi connectivity index (χ0v) is 14.8. The molecule has 0 spiro atoms. The molecule has 0 aliphatic rings. The molecule has 0 aliphatic carbocycles. The Morgan fingerprint density at radius 2 is 1.89 bits per heavy atom. The van der Waals surface area contributed by atoms with Crippen molar-refractivity contribution in [3.05, 3.63) is 62.7 Å². The Morgan fingerprint density at radius 1 is 1.19 bits per heavy atom. The molecule has 0 atom stereocenters. The number of alkyl halides is 4. The number of carbonyl (C=O) groups is 1. The molecule has 6 nitrogen and oxygen atoms in total. The van der Waals surface area contributed by atoms with Crippen molar-refractivity contribution in [3.8, 4) is 11.5 Å². The fraction of sp³-hybridized carbons (Fsp3) is 0.188. The normalized spacial score (nSPS) is 11.1. The average Bonchev–Trinajstić information content (AvgIpc) is 2.60. The van der Waals surface area contributed by atoms with E-state index in [2.05, 4.69) is 0 Å². The van der Waals surface area contributed by atoms with Crippen molar-refractivity contribution in [1.82, 2.24) is 0 Å². The molecule has 0 aromatic heterocycles. The van der Waals surface area contributed by atoms with E-state index in [1.807, 2.05) is 0 Å². The lowest BCUT2D eigenvalue weighted by atomic mass is 10.1. The van der Waals surface area contributed by atoms with Gasteiger partial charge in [-0.15, -0.1) is 11.6 Å². The number of hydrogen-bond acceptors (Lipinski definition) is 5. The van der Waals surface area contributed by atoms with E-state index < -0.39 is 33.9 Å². The molecule has 0 amide bonds. The first-order valence-corrected chi connectivity index (χ1v) is 8.11. The minimum absolute atomic E-state index is 0.00308. The molecule has 0 aliphatic heterocycles. The molecule has 2 aromatic rings. The quantitative estimate of drug-likeness (QED) is 0.267. The molecule has 2 rings (SSSR count). The number of nitro groups is 1. The fourth-order valence-corrected chi connectivity index (χ4v) is 2.29. The van der Waals surface area contributed by atoms with Crippen LogP contribution >= 0.6 is 23.2 Å². The first-order chi connectivity index (χ1) is 12.6. The second kappa shape index (κ2) is 8.45. The lowest BCUT2D eigenvalue weighted by Gasteiger charge is -2.12. The van der Waals surface area contributed by atoms with Gasteiger partial charge in [-0.1, -0.05) is 11.6 Å². The Morgan fingerprint density at radius 3 is 2.44 bits per heavy atom. The first kappa shape index (κ1) is 20.8. The molecular formula is C16H10Cl2F3NO5. The summed E-state index contributed by atoms with van der Waals surface area (Å²) >= 11 is 11.2.